The summed E-state index contributed by atoms with van der Waals surface area (Å²) in [4.78, 5) is 22.9. The van der Waals surface area contributed by atoms with E-state index in [-0.39, 0.29) is 29.4 Å². The first-order valence-corrected chi connectivity index (χ1v) is 10.0. The van der Waals surface area contributed by atoms with Crippen LogP contribution in [-0.2, 0) is 6.61 Å². The molecule has 0 atom stereocenters. The average molecular weight is 500 g/mol. The molecule has 3 rings (SSSR count). The van der Waals surface area contributed by atoms with Crippen LogP contribution in [0, 0.1) is 10.1 Å². The third-order valence-corrected chi connectivity index (χ3v) is 4.85. The van der Waals surface area contributed by atoms with Crippen LogP contribution in [-0.4, -0.2) is 29.3 Å². The van der Waals surface area contributed by atoms with Gasteiger partial charge in [-0.05, 0) is 42.0 Å². The van der Waals surface area contributed by atoms with Crippen molar-refractivity contribution in [2.45, 2.75) is 6.61 Å². The van der Waals surface area contributed by atoms with E-state index in [2.05, 4.69) is 26.5 Å². The Balaban J connectivity index is 1.76. The number of amides is 1. The number of aromatic hydroxyl groups is 1. The number of nitrogens with one attached hydrogen (secondary N) is 1. The number of non-ortho nitro benzene ring substituents is 1. The molecule has 0 saturated carbocycles. The van der Waals surface area contributed by atoms with Gasteiger partial charge in [-0.15, -0.1) is 0 Å². The van der Waals surface area contributed by atoms with E-state index in [1.165, 1.54) is 49.7 Å². The van der Waals surface area contributed by atoms with E-state index in [0.29, 0.717) is 11.3 Å². The maximum absolute atomic E-state index is 12.3. The number of hydrogen-bond donors (Lipinski definition) is 2. The van der Waals surface area contributed by atoms with Gasteiger partial charge in [0.05, 0.1) is 18.2 Å². The van der Waals surface area contributed by atoms with Crippen LogP contribution in [0.5, 0.6) is 17.2 Å². The van der Waals surface area contributed by atoms with Crippen LogP contribution in [0.2, 0.25) is 0 Å². The highest BCUT2D eigenvalue weighted by Crippen LogP contribution is 2.26. The van der Waals surface area contributed by atoms with Crippen LogP contribution >= 0.6 is 15.9 Å². The number of benzene rings is 3. The number of methoxy groups -OCH3 is 1. The Hall–Kier alpha value is -3.92. The van der Waals surface area contributed by atoms with Crippen LogP contribution in [0.25, 0.3) is 0 Å². The highest BCUT2D eigenvalue weighted by molar-refractivity contribution is 9.10. The molecule has 0 unspecified atom stereocenters. The Kier molecular flexibility index (Phi) is 7.40. The molecule has 3 aromatic rings. The fourth-order valence-electron chi connectivity index (χ4n) is 2.67. The van der Waals surface area contributed by atoms with Gasteiger partial charge in [0.2, 0.25) is 0 Å². The minimum atomic E-state index is -0.553. The predicted octanol–water partition coefficient (Wildman–Crippen LogP) is 4.41. The molecule has 1 amide bonds. The lowest BCUT2D eigenvalue weighted by Crippen LogP contribution is -2.17. The molecule has 0 aliphatic heterocycles. The molecular weight excluding hydrogens is 482 g/mol. The zero-order valence-electron chi connectivity index (χ0n) is 16.8. The smallest absolute Gasteiger partial charge is 0.271 e. The first-order valence-electron chi connectivity index (χ1n) is 9.23. The standard InChI is InChI=1S/C22H18BrN3O6/c1-31-21-11-15(4-8-19(21)27)22(28)25-24-12-16-10-18(26(29)30)7-9-20(16)32-13-14-2-5-17(23)6-3-14/h2-12,27H,13H2,1H3,(H,25,28)/b24-12+. The monoisotopic (exact) mass is 499 g/mol. The van der Waals surface area contributed by atoms with Gasteiger partial charge in [-0.3, -0.25) is 14.9 Å². The van der Waals surface area contributed by atoms with E-state index < -0.39 is 10.8 Å². The van der Waals surface area contributed by atoms with Crippen molar-refractivity contribution in [1.82, 2.24) is 5.43 Å². The Morgan fingerprint density at radius 1 is 1.16 bits per heavy atom. The van der Waals surface area contributed by atoms with Crippen LogP contribution in [0.15, 0.2) is 70.2 Å². The third-order valence-electron chi connectivity index (χ3n) is 4.32. The van der Waals surface area contributed by atoms with E-state index >= 15 is 0 Å². The summed E-state index contributed by atoms with van der Waals surface area (Å²) < 4.78 is 11.7. The topological polar surface area (TPSA) is 123 Å². The Bertz CT molecular complexity index is 1160. The molecule has 0 aliphatic carbocycles. The van der Waals surface area contributed by atoms with Crippen molar-refractivity contribution in [3.8, 4) is 17.2 Å². The van der Waals surface area contributed by atoms with Crippen LogP contribution in [0.1, 0.15) is 21.5 Å². The maximum Gasteiger partial charge on any atom is 0.271 e. The van der Waals surface area contributed by atoms with Crippen molar-refractivity contribution >= 4 is 33.7 Å². The van der Waals surface area contributed by atoms with Gasteiger partial charge in [-0.1, -0.05) is 28.1 Å². The van der Waals surface area contributed by atoms with Crippen molar-refractivity contribution in [3.63, 3.8) is 0 Å². The fourth-order valence-corrected chi connectivity index (χ4v) is 2.93. The molecule has 3 aromatic carbocycles. The van der Waals surface area contributed by atoms with E-state index in [1.807, 2.05) is 24.3 Å². The molecule has 32 heavy (non-hydrogen) atoms. The number of hydrazone groups is 1. The summed E-state index contributed by atoms with van der Waals surface area (Å²) in [6.45, 7) is 0.242. The number of rotatable bonds is 8. The number of phenols is 1. The number of halogens is 1. The lowest BCUT2D eigenvalue weighted by Gasteiger charge is -2.09. The summed E-state index contributed by atoms with van der Waals surface area (Å²) in [5, 5.41) is 24.7. The van der Waals surface area contributed by atoms with Gasteiger partial charge in [0.1, 0.15) is 12.4 Å². The molecule has 9 nitrogen and oxygen atoms in total. The zero-order chi connectivity index (χ0) is 23.1. The van der Waals surface area contributed by atoms with Gasteiger partial charge in [0.15, 0.2) is 11.5 Å². The zero-order valence-corrected chi connectivity index (χ0v) is 18.4. The summed E-state index contributed by atoms with van der Waals surface area (Å²) in [6.07, 6.45) is 1.26. The number of nitro benzene ring substituents is 1. The molecule has 0 fully saturated rings. The molecule has 2 N–H and O–H groups in total. The lowest BCUT2D eigenvalue weighted by molar-refractivity contribution is -0.384. The highest BCUT2D eigenvalue weighted by Gasteiger charge is 2.12. The molecular formula is C22H18BrN3O6. The Morgan fingerprint density at radius 2 is 1.91 bits per heavy atom. The molecule has 0 spiro atoms. The Morgan fingerprint density at radius 3 is 2.59 bits per heavy atom. The van der Waals surface area contributed by atoms with Gasteiger partial charge in [0, 0.05) is 27.7 Å². The molecule has 0 saturated heterocycles. The van der Waals surface area contributed by atoms with Gasteiger partial charge < -0.3 is 14.6 Å². The summed E-state index contributed by atoms with van der Waals surface area (Å²) in [6, 6.07) is 15.7. The minimum absolute atomic E-state index is 0.100. The predicted molar refractivity (Wildman–Crippen MR) is 121 cm³/mol. The van der Waals surface area contributed by atoms with Crippen molar-refractivity contribution in [1.29, 1.82) is 0 Å². The molecule has 0 heterocycles. The molecule has 0 aliphatic rings. The van der Waals surface area contributed by atoms with E-state index in [1.54, 1.807) is 0 Å². The number of nitro groups is 1. The Labute approximate surface area is 191 Å². The van der Waals surface area contributed by atoms with E-state index in [9.17, 15) is 20.0 Å². The summed E-state index contributed by atoms with van der Waals surface area (Å²) in [5.41, 5.74) is 3.63. The van der Waals surface area contributed by atoms with Crippen LogP contribution in [0.4, 0.5) is 5.69 Å². The molecule has 10 heteroatoms. The van der Waals surface area contributed by atoms with Crippen molar-refractivity contribution in [2.24, 2.45) is 5.10 Å². The second-order valence-corrected chi connectivity index (χ2v) is 7.40. The first-order chi connectivity index (χ1) is 15.4. The minimum Gasteiger partial charge on any atom is -0.504 e. The third kappa shape index (κ3) is 5.82. The quantitative estimate of drug-likeness (QED) is 0.268. The van der Waals surface area contributed by atoms with E-state index in [0.717, 1.165) is 10.0 Å². The van der Waals surface area contributed by atoms with E-state index in [4.69, 9.17) is 9.47 Å². The number of carbonyl (C=O) groups is 1. The fraction of sp³-hybridized carbons (Fsp3) is 0.0909. The molecule has 164 valence electrons. The number of hydrogen-bond acceptors (Lipinski definition) is 7. The summed E-state index contributed by atoms with van der Waals surface area (Å²) in [7, 11) is 1.37. The van der Waals surface area contributed by atoms with Gasteiger partial charge in [-0.2, -0.15) is 5.10 Å². The van der Waals surface area contributed by atoms with Crippen LogP contribution < -0.4 is 14.9 Å². The summed E-state index contributed by atoms with van der Waals surface area (Å²) in [5.74, 6) is -0.147. The number of nitrogens with zero attached hydrogens (tertiary/aromatic N) is 2. The molecule has 0 bridgehead atoms. The van der Waals surface area contributed by atoms with Crippen molar-refractivity contribution in [3.05, 3.63) is 91.9 Å². The second-order valence-electron chi connectivity index (χ2n) is 6.48. The first kappa shape index (κ1) is 22.8. The van der Waals surface area contributed by atoms with Crippen molar-refractivity contribution in [2.75, 3.05) is 7.11 Å². The molecule has 0 radical (unpaired) electrons. The average Bonchev–Trinajstić information content (AvgIpc) is 2.79. The summed E-state index contributed by atoms with van der Waals surface area (Å²) >= 11 is 3.37. The highest BCUT2D eigenvalue weighted by atomic mass is 79.9. The molecule has 0 aromatic heterocycles. The maximum atomic E-state index is 12.3. The normalized spacial score (nSPS) is 10.7. The van der Waals surface area contributed by atoms with Gasteiger partial charge in [0.25, 0.3) is 11.6 Å². The lowest BCUT2D eigenvalue weighted by atomic mass is 10.2. The van der Waals surface area contributed by atoms with Gasteiger partial charge in [-0.25, -0.2) is 5.43 Å². The second kappa shape index (κ2) is 10.4. The SMILES string of the molecule is COc1cc(C(=O)N/N=C/c2cc([N+](=O)[O-])ccc2OCc2ccc(Br)cc2)ccc1O. The van der Waals surface area contributed by atoms with Crippen molar-refractivity contribution < 1.29 is 24.3 Å². The number of ether oxygens (including phenoxy) is 2. The number of carbonyl (C=O) groups excluding carboxylic acids is 1. The van der Waals surface area contributed by atoms with Crippen LogP contribution in [0.3, 0.4) is 0 Å². The van der Waals surface area contributed by atoms with Gasteiger partial charge >= 0.3 is 0 Å². The number of phenolic OH excluding ortho intramolecular Hbond substituents is 1. The largest absolute Gasteiger partial charge is 0.504 e.